The van der Waals surface area contributed by atoms with Gasteiger partial charge in [0.15, 0.2) is 0 Å². The van der Waals surface area contributed by atoms with Gasteiger partial charge in [-0.05, 0) is 50.9 Å². The van der Waals surface area contributed by atoms with Crippen molar-refractivity contribution in [1.29, 1.82) is 0 Å². The molecule has 3 amide bonds. The third-order valence-electron chi connectivity index (χ3n) is 7.10. The first-order chi connectivity index (χ1) is 14.4. The smallest absolute Gasteiger partial charge is 0.321 e. The Bertz CT molecular complexity index is 761. The second kappa shape index (κ2) is 8.94. The minimum absolute atomic E-state index is 0.0306. The molecule has 164 valence electrons. The van der Waals surface area contributed by atoms with Crippen LogP contribution in [0.2, 0.25) is 0 Å². The van der Waals surface area contributed by atoms with Gasteiger partial charge in [0.1, 0.15) is 0 Å². The first-order valence-corrected chi connectivity index (χ1v) is 11.3. The number of piperazine rings is 1. The molecule has 3 fully saturated rings. The molecule has 3 heterocycles. The van der Waals surface area contributed by atoms with E-state index in [-0.39, 0.29) is 17.9 Å². The van der Waals surface area contributed by atoms with E-state index in [9.17, 15) is 9.59 Å². The van der Waals surface area contributed by atoms with Crippen molar-refractivity contribution in [1.82, 2.24) is 14.7 Å². The molecule has 2 unspecified atom stereocenters. The van der Waals surface area contributed by atoms with Crippen LogP contribution in [-0.4, -0.2) is 78.0 Å². The summed E-state index contributed by atoms with van der Waals surface area (Å²) in [6, 6.07) is 9.45. The van der Waals surface area contributed by atoms with Crippen LogP contribution in [-0.2, 0) is 4.79 Å². The van der Waals surface area contributed by atoms with Gasteiger partial charge in [0, 0.05) is 61.6 Å². The molecule has 30 heavy (non-hydrogen) atoms. The molecule has 3 aliphatic heterocycles. The summed E-state index contributed by atoms with van der Waals surface area (Å²) >= 11 is 0. The Morgan fingerprint density at radius 3 is 2.13 bits per heavy atom. The topological polar surface area (TPSA) is 67.9 Å². The summed E-state index contributed by atoms with van der Waals surface area (Å²) < 4.78 is 0. The number of benzene rings is 1. The second-order valence-corrected chi connectivity index (χ2v) is 9.35. The van der Waals surface area contributed by atoms with Gasteiger partial charge in [-0.1, -0.05) is 19.9 Å². The molecule has 3 aliphatic rings. The highest BCUT2D eigenvalue weighted by Gasteiger charge is 2.41. The Hall–Kier alpha value is -2.12. The van der Waals surface area contributed by atoms with Crippen LogP contribution >= 0.6 is 0 Å². The number of carbonyl (C=O) groups is 2. The number of urea groups is 1. The zero-order valence-corrected chi connectivity index (χ0v) is 18.4. The molecule has 2 bridgehead atoms. The summed E-state index contributed by atoms with van der Waals surface area (Å²) in [5.41, 5.74) is 1.41. The number of piperidine rings is 1. The first kappa shape index (κ1) is 21.1. The normalized spacial score (nSPS) is 27.3. The van der Waals surface area contributed by atoms with Crippen molar-refractivity contribution in [3.63, 3.8) is 0 Å². The van der Waals surface area contributed by atoms with E-state index >= 15 is 0 Å². The maximum absolute atomic E-state index is 12.8. The highest BCUT2D eigenvalue weighted by molar-refractivity contribution is 5.94. The summed E-state index contributed by atoms with van der Waals surface area (Å²) in [6.07, 6.45) is 5.23. The van der Waals surface area contributed by atoms with Crippen molar-refractivity contribution in [3.8, 4) is 0 Å². The summed E-state index contributed by atoms with van der Waals surface area (Å²) in [5, 5.41) is 5.87. The Labute approximate surface area is 179 Å². The van der Waals surface area contributed by atoms with Crippen molar-refractivity contribution in [2.45, 2.75) is 57.7 Å². The number of hydrogen-bond acceptors (Lipinski definition) is 4. The van der Waals surface area contributed by atoms with E-state index in [4.69, 9.17) is 0 Å². The molecule has 7 heteroatoms. The van der Waals surface area contributed by atoms with Crippen LogP contribution in [0.3, 0.4) is 0 Å². The van der Waals surface area contributed by atoms with Gasteiger partial charge in [-0.3, -0.25) is 9.69 Å². The van der Waals surface area contributed by atoms with E-state index in [1.807, 2.05) is 43.0 Å². The zero-order chi connectivity index (χ0) is 21.3. The van der Waals surface area contributed by atoms with Crippen LogP contribution < -0.4 is 10.6 Å². The molecule has 2 N–H and O–H groups in total. The van der Waals surface area contributed by atoms with Crippen molar-refractivity contribution < 1.29 is 9.59 Å². The minimum atomic E-state index is -0.0840. The predicted molar refractivity (Wildman–Crippen MR) is 120 cm³/mol. The number of amides is 3. The van der Waals surface area contributed by atoms with Crippen LogP contribution in [0.4, 0.5) is 16.2 Å². The maximum Gasteiger partial charge on any atom is 0.321 e. The third kappa shape index (κ3) is 4.62. The SMILES string of the molecule is CC(C)C(=O)Nc1cccc(NC(=O)N2CCN(C3CC4CCC(C3)N4C)CC2)c1. The van der Waals surface area contributed by atoms with E-state index in [1.54, 1.807) is 0 Å². The number of hydrogen-bond donors (Lipinski definition) is 2. The number of nitrogens with one attached hydrogen (secondary N) is 2. The highest BCUT2D eigenvalue weighted by atomic mass is 16.2. The minimum Gasteiger partial charge on any atom is -0.326 e. The van der Waals surface area contributed by atoms with E-state index in [2.05, 4.69) is 27.5 Å². The van der Waals surface area contributed by atoms with Crippen molar-refractivity contribution in [2.75, 3.05) is 43.9 Å². The average molecular weight is 414 g/mol. The van der Waals surface area contributed by atoms with E-state index in [0.29, 0.717) is 17.4 Å². The molecule has 0 saturated carbocycles. The lowest BCUT2D eigenvalue weighted by atomic mass is 9.96. The molecule has 0 aliphatic carbocycles. The lowest BCUT2D eigenvalue weighted by Gasteiger charge is -2.44. The molecule has 3 saturated heterocycles. The highest BCUT2D eigenvalue weighted by Crippen LogP contribution is 2.36. The summed E-state index contributed by atoms with van der Waals surface area (Å²) in [6.45, 7) is 7.14. The molecule has 0 spiro atoms. The summed E-state index contributed by atoms with van der Waals surface area (Å²) in [5.74, 6) is -0.115. The third-order valence-corrected chi connectivity index (χ3v) is 7.10. The van der Waals surface area contributed by atoms with E-state index < -0.39 is 0 Å². The number of nitrogens with zero attached hydrogens (tertiary/aromatic N) is 3. The standard InChI is InChI=1S/C23H35N5O2/c1-16(2)22(29)24-17-5-4-6-18(13-17)25-23(30)28-11-9-27(10-12-28)21-14-19-7-8-20(15-21)26(19)3/h4-6,13,16,19-21H,7-12,14-15H2,1-3H3,(H,24,29)(H,25,30). The Morgan fingerprint density at radius 1 is 0.933 bits per heavy atom. The second-order valence-electron chi connectivity index (χ2n) is 9.35. The lowest BCUT2D eigenvalue weighted by molar-refractivity contribution is -0.118. The molecule has 1 aromatic rings. The molecule has 1 aromatic carbocycles. The van der Waals surface area contributed by atoms with Crippen LogP contribution in [0.15, 0.2) is 24.3 Å². The van der Waals surface area contributed by atoms with Crippen LogP contribution in [0.25, 0.3) is 0 Å². The number of anilines is 2. The monoisotopic (exact) mass is 413 g/mol. The van der Waals surface area contributed by atoms with E-state index in [0.717, 1.165) is 38.3 Å². The van der Waals surface area contributed by atoms with Gasteiger partial charge in [0.2, 0.25) is 5.91 Å². The summed E-state index contributed by atoms with van der Waals surface area (Å²) in [7, 11) is 2.28. The van der Waals surface area contributed by atoms with Gasteiger partial charge in [0.25, 0.3) is 0 Å². The average Bonchev–Trinajstić information content (AvgIpc) is 2.94. The van der Waals surface area contributed by atoms with Crippen molar-refractivity contribution >= 4 is 23.3 Å². The lowest BCUT2D eigenvalue weighted by Crippen LogP contribution is -2.56. The van der Waals surface area contributed by atoms with Gasteiger partial charge < -0.3 is 20.4 Å². The maximum atomic E-state index is 12.8. The molecule has 2 atom stereocenters. The Morgan fingerprint density at radius 2 is 1.53 bits per heavy atom. The fourth-order valence-electron chi connectivity index (χ4n) is 5.13. The van der Waals surface area contributed by atoms with Crippen LogP contribution in [0, 0.1) is 5.92 Å². The summed E-state index contributed by atoms with van der Waals surface area (Å²) in [4.78, 5) is 31.7. The van der Waals surface area contributed by atoms with Crippen molar-refractivity contribution in [2.24, 2.45) is 5.92 Å². The molecular formula is C23H35N5O2. The molecule has 7 nitrogen and oxygen atoms in total. The quantitative estimate of drug-likeness (QED) is 0.796. The van der Waals surface area contributed by atoms with Gasteiger partial charge in [-0.15, -0.1) is 0 Å². The van der Waals surface area contributed by atoms with E-state index in [1.165, 1.54) is 25.7 Å². The zero-order valence-electron chi connectivity index (χ0n) is 18.4. The number of rotatable bonds is 4. The van der Waals surface area contributed by atoms with Crippen molar-refractivity contribution in [3.05, 3.63) is 24.3 Å². The number of carbonyl (C=O) groups excluding carboxylic acids is 2. The molecule has 0 radical (unpaired) electrons. The fraction of sp³-hybridized carbons (Fsp3) is 0.652. The van der Waals surface area contributed by atoms with Gasteiger partial charge >= 0.3 is 6.03 Å². The fourth-order valence-corrected chi connectivity index (χ4v) is 5.13. The Kier molecular flexibility index (Phi) is 6.29. The predicted octanol–water partition coefficient (Wildman–Crippen LogP) is 3.06. The molecular weight excluding hydrogens is 378 g/mol. The van der Waals surface area contributed by atoms with Gasteiger partial charge in [-0.25, -0.2) is 4.79 Å². The van der Waals surface area contributed by atoms with Gasteiger partial charge in [-0.2, -0.15) is 0 Å². The molecule has 0 aromatic heterocycles. The van der Waals surface area contributed by atoms with Crippen LogP contribution in [0.1, 0.15) is 39.5 Å². The van der Waals surface area contributed by atoms with Crippen LogP contribution in [0.5, 0.6) is 0 Å². The Balaban J connectivity index is 1.27. The molecule has 4 rings (SSSR count). The first-order valence-electron chi connectivity index (χ1n) is 11.3. The largest absolute Gasteiger partial charge is 0.326 e. The van der Waals surface area contributed by atoms with Gasteiger partial charge in [0.05, 0.1) is 0 Å². The number of fused-ring (bicyclic) bond motifs is 2.